The molecule has 76 valence electrons. The summed E-state index contributed by atoms with van der Waals surface area (Å²) in [4.78, 5) is 0. The molecule has 0 aromatic heterocycles. The lowest BCUT2D eigenvalue weighted by Gasteiger charge is -2.54. The highest BCUT2D eigenvalue weighted by Gasteiger charge is 2.52. The molecule has 0 unspecified atom stereocenters. The molecule has 0 aromatic carbocycles. The number of ether oxygens (including phenoxy) is 1. The summed E-state index contributed by atoms with van der Waals surface area (Å²) in [5, 5.41) is 0. The second-order valence-electron chi connectivity index (χ2n) is 4.92. The third kappa shape index (κ3) is 0.993. The lowest BCUT2D eigenvalue weighted by atomic mass is 9.58. The van der Waals surface area contributed by atoms with Crippen LogP contribution in [0, 0.1) is 5.41 Å². The molecular formula is C13H18O. The summed E-state index contributed by atoms with van der Waals surface area (Å²) >= 11 is 0. The van der Waals surface area contributed by atoms with Gasteiger partial charge in [-0.15, -0.1) is 0 Å². The Morgan fingerprint density at radius 3 is 2.57 bits per heavy atom. The van der Waals surface area contributed by atoms with Crippen LogP contribution in [0.3, 0.4) is 0 Å². The van der Waals surface area contributed by atoms with Crippen LogP contribution in [-0.4, -0.2) is 12.2 Å². The molecule has 0 bridgehead atoms. The summed E-state index contributed by atoms with van der Waals surface area (Å²) < 4.78 is 6.13. The van der Waals surface area contributed by atoms with Gasteiger partial charge in [0.2, 0.25) is 0 Å². The molecule has 1 aliphatic heterocycles. The molecule has 0 spiro atoms. The van der Waals surface area contributed by atoms with Crippen LogP contribution < -0.4 is 0 Å². The Labute approximate surface area is 85.8 Å². The summed E-state index contributed by atoms with van der Waals surface area (Å²) in [6.45, 7) is 0.958. The Balaban J connectivity index is 2.04. The summed E-state index contributed by atoms with van der Waals surface area (Å²) in [6, 6.07) is 0. The summed E-state index contributed by atoms with van der Waals surface area (Å²) in [7, 11) is 0. The van der Waals surface area contributed by atoms with Gasteiger partial charge in [-0.25, -0.2) is 0 Å². The van der Waals surface area contributed by atoms with Gasteiger partial charge in [0.15, 0.2) is 0 Å². The van der Waals surface area contributed by atoms with Gasteiger partial charge in [-0.1, -0.05) is 37.1 Å². The Morgan fingerprint density at radius 1 is 0.857 bits per heavy atom. The Hall–Kier alpha value is -0.560. The fourth-order valence-electron chi connectivity index (χ4n) is 3.54. The van der Waals surface area contributed by atoms with Crippen LogP contribution in [0.15, 0.2) is 24.3 Å². The number of hydrogen-bond donors (Lipinski definition) is 0. The summed E-state index contributed by atoms with van der Waals surface area (Å²) in [6.07, 6.45) is 17.0. The van der Waals surface area contributed by atoms with Crippen molar-refractivity contribution < 1.29 is 4.74 Å². The second kappa shape index (κ2) is 2.96. The zero-order valence-corrected chi connectivity index (χ0v) is 8.67. The first-order valence-electron chi connectivity index (χ1n) is 5.88. The molecule has 1 saturated carbocycles. The van der Waals surface area contributed by atoms with Crippen LogP contribution in [0.4, 0.5) is 0 Å². The standard InChI is InChI=1S/C13H18O/c1-3-9-13-10-4-2-7-12(13,6-1)8-5-11-14-13/h1,3,6,9H,2,4-5,7-8,10-11H2/t12-,13+/m0/s1. The van der Waals surface area contributed by atoms with Crippen molar-refractivity contribution >= 4 is 0 Å². The van der Waals surface area contributed by atoms with Crippen molar-refractivity contribution in [3.8, 4) is 0 Å². The van der Waals surface area contributed by atoms with Crippen molar-refractivity contribution in [1.82, 2.24) is 0 Å². The second-order valence-corrected chi connectivity index (χ2v) is 4.92. The zero-order valence-electron chi connectivity index (χ0n) is 8.67. The van der Waals surface area contributed by atoms with Gasteiger partial charge in [0.05, 0.1) is 5.60 Å². The normalized spacial score (nSPS) is 45.7. The maximum atomic E-state index is 6.13. The molecule has 0 N–H and O–H groups in total. The van der Waals surface area contributed by atoms with Gasteiger partial charge in [-0.3, -0.25) is 0 Å². The zero-order chi connectivity index (χ0) is 9.49. The van der Waals surface area contributed by atoms with E-state index in [2.05, 4.69) is 24.3 Å². The molecule has 0 amide bonds. The van der Waals surface area contributed by atoms with Crippen molar-refractivity contribution in [3.63, 3.8) is 0 Å². The van der Waals surface area contributed by atoms with E-state index in [0.29, 0.717) is 5.41 Å². The van der Waals surface area contributed by atoms with Gasteiger partial charge in [0.1, 0.15) is 0 Å². The largest absolute Gasteiger partial charge is 0.370 e. The quantitative estimate of drug-likeness (QED) is 0.570. The van der Waals surface area contributed by atoms with E-state index in [1.807, 2.05) is 0 Å². The number of rotatable bonds is 0. The maximum Gasteiger partial charge on any atom is 0.0955 e. The lowest BCUT2D eigenvalue weighted by Crippen LogP contribution is -2.53. The highest BCUT2D eigenvalue weighted by atomic mass is 16.5. The highest BCUT2D eigenvalue weighted by molar-refractivity contribution is 5.29. The van der Waals surface area contributed by atoms with E-state index >= 15 is 0 Å². The van der Waals surface area contributed by atoms with Gasteiger partial charge in [-0.2, -0.15) is 0 Å². The van der Waals surface area contributed by atoms with Gasteiger partial charge >= 0.3 is 0 Å². The van der Waals surface area contributed by atoms with Crippen LogP contribution in [0.5, 0.6) is 0 Å². The molecular weight excluding hydrogens is 172 g/mol. The minimum Gasteiger partial charge on any atom is -0.370 e. The molecule has 3 aliphatic rings. The van der Waals surface area contributed by atoms with Crippen molar-refractivity contribution in [2.45, 2.75) is 44.1 Å². The maximum absolute atomic E-state index is 6.13. The monoisotopic (exact) mass is 190 g/mol. The van der Waals surface area contributed by atoms with Gasteiger partial charge in [0.25, 0.3) is 0 Å². The van der Waals surface area contributed by atoms with Crippen molar-refractivity contribution in [2.75, 3.05) is 6.61 Å². The fraction of sp³-hybridized carbons (Fsp3) is 0.692. The topological polar surface area (TPSA) is 9.23 Å². The van der Waals surface area contributed by atoms with Gasteiger partial charge in [0, 0.05) is 12.0 Å². The van der Waals surface area contributed by atoms with Crippen molar-refractivity contribution in [2.24, 2.45) is 5.41 Å². The number of allylic oxidation sites excluding steroid dienone is 2. The van der Waals surface area contributed by atoms with Crippen LogP contribution in [0.25, 0.3) is 0 Å². The van der Waals surface area contributed by atoms with E-state index in [1.54, 1.807) is 0 Å². The molecule has 1 heterocycles. The Bertz CT molecular complexity index is 246. The third-order valence-corrected chi connectivity index (χ3v) is 4.28. The minimum atomic E-state index is 0.0816. The van der Waals surface area contributed by atoms with E-state index in [0.717, 1.165) is 6.61 Å². The molecule has 2 aliphatic carbocycles. The first-order valence-corrected chi connectivity index (χ1v) is 5.88. The van der Waals surface area contributed by atoms with E-state index in [9.17, 15) is 0 Å². The molecule has 0 aromatic rings. The van der Waals surface area contributed by atoms with Crippen LogP contribution in [0.1, 0.15) is 38.5 Å². The molecule has 2 atom stereocenters. The van der Waals surface area contributed by atoms with E-state index < -0.39 is 0 Å². The summed E-state index contributed by atoms with van der Waals surface area (Å²) in [5.41, 5.74) is 0.441. The predicted octanol–water partition coefficient (Wildman–Crippen LogP) is 3.22. The van der Waals surface area contributed by atoms with Crippen molar-refractivity contribution in [1.29, 1.82) is 0 Å². The van der Waals surface area contributed by atoms with E-state index in [-0.39, 0.29) is 5.60 Å². The smallest absolute Gasteiger partial charge is 0.0955 e. The molecule has 1 nitrogen and oxygen atoms in total. The average molecular weight is 190 g/mol. The minimum absolute atomic E-state index is 0.0816. The van der Waals surface area contributed by atoms with Gasteiger partial charge in [-0.05, 0) is 25.7 Å². The average Bonchev–Trinajstić information content (AvgIpc) is 2.27. The Morgan fingerprint density at radius 2 is 1.64 bits per heavy atom. The lowest BCUT2D eigenvalue weighted by molar-refractivity contribution is -0.141. The molecule has 1 heteroatoms. The molecule has 0 radical (unpaired) electrons. The Kier molecular flexibility index (Phi) is 1.85. The molecule has 14 heavy (non-hydrogen) atoms. The number of hydrogen-bond acceptors (Lipinski definition) is 1. The highest BCUT2D eigenvalue weighted by Crippen LogP contribution is 2.55. The third-order valence-electron chi connectivity index (χ3n) is 4.28. The first kappa shape index (κ1) is 8.72. The van der Waals surface area contributed by atoms with Crippen LogP contribution in [0.2, 0.25) is 0 Å². The SMILES string of the molecule is C1=C[C@@]23CCCC[C@@]2(C=C1)OCCC3. The first-order chi connectivity index (χ1) is 6.87. The van der Waals surface area contributed by atoms with Crippen molar-refractivity contribution in [3.05, 3.63) is 24.3 Å². The predicted molar refractivity (Wildman–Crippen MR) is 57.1 cm³/mol. The van der Waals surface area contributed by atoms with E-state index in [4.69, 9.17) is 4.74 Å². The van der Waals surface area contributed by atoms with Crippen LogP contribution in [-0.2, 0) is 4.74 Å². The summed E-state index contributed by atoms with van der Waals surface area (Å²) in [5.74, 6) is 0. The molecule has 1 saturated heterocycles. The molecule has 3 rings (SSSR count). The van der Waals surface area contributed by atoms with Gasteiger partial charge < -0.3 is 4.74 Å². The molecule has 2 fully saturated rings. The van der Waals surface area contributed by atoms with Crippen LogP contribution >= 0.6 is 0 Å². The fourth-order valence-corrected chi connectivity index (χ4v) is 3.54. The van der Waals surface area contributed by atoms with E-state index in [1.165, 1.54) is 38.5 Å².